The minimum Gasteiger partial charge on any atom is -0.455 e. The first-order valence-electron chi connectivity index (χ1n) is 25.6. The van der Waals surface area contributed by atoms with Crippen LogP contribution in [0.15, 0.2) is 138 Å². The number of furan rings is 1. The van der Waals surface area contributed by atoms with Crippen LogP contribution in [0.1, 0.15) is 128 Å². The number of fused-ring (bicyclic) bond motifs is 16. The quantitative estimate of drug-likeness (QED) is 0.179. The fraction of sp³-hybridized carbons (Fsp3) is 0.273. The van der Waals surface area contributed by atoms with Gasteiger partial charge in [-0.15, -0.1) is 0 Å². The summed E-state index contributed by atoms with van der Waals surface area (Å²) in [7, 11) is 2.50. The Hall–Kier alpha value is -6.78. The highest BCUT2D eigenvalue weighted by atomic mass is 16.3. The summed E-state index contributed by atoms with van der Waals surface area (Å²) in [6.07, 6.45) is 2.39. The summed E-state index contributed by atoms with van der Waals surface area (Å²) < 4.78 is 9.47. The van der Waals surface area contributed by atoms with E-state index in [9.17, 15) is 0 Å². The third-order valence-electron chi connectivity index (χ3n) is 17.9. The molecule has 1 aliphatic heterocycles. The highest BCUT2D eigenvalue weighted by molar-refractivity contribution is 6.73. The summed E-state index contributed by atoms with van der Waals surface area (Å²) in [4.78, 5) is 0. The Morgan fingerprint density at radius 2 is 1.16 bits per heavy atom. The number of anilines is 2. The Morgan fingerprint density at radius 3 is 1.93 bits per heavy atom. The summed E-state index contributed by atoms with van der Waals surface area (Å²) >= 11 is 0. The normalized spacial score (nSPS) is 17.2. The SMILES string of the molecule is CC(C)(C)c1ccc(Nc2cc3c(cc2-c2ccc4c5c6oc7ccccc7c6ccc5n5c4c2[B]c2cc4c(cc2-5)C(C)(C)c2ccccc2-4)C(C)(C)c2cc4c(cc2-3)C(C)(C)CCC4(C)C)cc1. The van der Waals surface area contributed by atoms with Crippen LogP contribution in [-0.2, 0) is 27.1 Å². The Kier molecular flexibility index (Phi) is 8.15. The van der Waals surface area contributed by atoms with Gasteiger partial charge in [0.2, 0.25) is 0 Å². The van der Waals surface area contributed by atoms with Gasteiger partial charge in [-0.3, -0.25) is 0 Å². The van der Waals surface area contributed by atoms with E-state index in [2.05, 4.69) is 227 Å². The van der Waals surface area contributed by atoms with Gasteiger partial charge in [0.15, 0.2) is 7.28 Å². The third-order valence-corrected chi connectivity index (χ3v) is 17.9. The average Bonchev–Trinajstić information content (AvgIpc) is 4.01. The lowest BCUT2D eigenvalue weighted by Gasteiger charge is -2.42. The first-order chi connectivity index (χ1) is 33.3. The summed E-state index contributed by atoms with van der Waals surface area (Å²) in [5, 5.41) is 8.74. The van der Waals surface area contributed by atoms with Gasteiger partial charge in [0, 0.05) is 55.1 Å². The fourth-order valence-corrected chi connectivity index (χ4v) is 13.6. The minimum atomic E-state index is -0.209. The van der Waals surface area contributed by atoms with E-state index in [-0.39, 0.29) is 27.1 Å². The molecule has 8 aromatic carbocycles. The predicted molar refractivity (Wildman–Crippen MR) is 297 cm³/mol. The molecule has 3 nitrogen and oxygen atoms in total. The highest BCUT2D eigenvalue weighted by Gasteiger charge is 2.44. The van der Waals surface area contributed by atoms with Gasteiger partial charge >= 0.3 is 0 Å². The number of benzene rings is 8. The molecule has 4 heteroatoms. The van der Waals surface area contributed by atoms with E-state index in [0.29, 0.717) is 0 Å². The summed E-state index contributed by atoms with van der Waals surface area (Å²) in [5.41, 5.74) is 27.8. The van der Waals surface area contributed by atoms with Crippen molar-refractivity contribution >= 4 is 73.3 Å². The predicted octanol–water partition coefficient (Wildman–Crippen LogP) is 16.3. The molecule has 343 valence electrons. The average molecular weight is 908 g/mol. The van der Waals surface area contributed by atoms with Crippen LogP contribution in [0, 0.1) is 0 Å². The van der Waals surface area contributed by atoms with Crippen LogP contribution in [0.25, 0.3) is 82.8 Å². The molecule has 0 unspecified atom stereocenters. The molecule has 3 heterocycles. The number of para-hydroxylation sites is 1. The molecular weight excluding hydrogens is 848 g/mol. The maximum Gasteiger partial charge on any atom is 0.197 e. The molecule has 0 spiro atoms. The number of nitrogens with one attached hydrogen (secondary N) is 1. The molecule has 14 rings (SSSR count). The number of nitrogens with zero attached hydrogens (tertiary/aromatic N) is 1. The fourth-order valence-electron chi connectivity index (χ4n) is 13.6. The van der Waals surface area contributed by atoms with Crippen molar-refractivity contribution in [2.45, 2.75) is 116 Å². The van der Waals surface area contributed by atoms with Crippen LogP contribution in [0.4, 0.5) is 11.4 Å². The van der Waals surface area contributed by atoms with Gasteiger partial charge in [-0.1, -0.05) is 160 Å². The Morgan fingerprint density at radius 1 is 0.529 bits per heavy atom. The zero-order chi connectivity index (χ0) is 48.2. The summed E-state index contributed by atoms with van der Waals surface area (Å²) in [6.45, 7) is 26.4. The molecule has 1 N–H and O–H groups in total. The standard InChI is InChI=1S/C66H60BN2O/c1-62(2,3)36-20-22-37(23-21-36)68-54-33-45-43-30-51-52(64(6,7)29-28-63(51,4)5)34-49(43)66(10,11)48(45)31-46(54)40-24-25-42-58-55(27-26-41-39-17-13-15-19-57(39)70-61(41)58)69-56-35-50-44(32-53(56)67-59(40)60(42)69)38-16-12-14-18-47(38)65(50,8)9/h12-27,30-35,68H,28-29H2,1-11H3. The molecule has 4 aliphatic rings. The van der Waals surface area contributed by atoms with Crippen LogP contribution in [0.5, 0.6) is 0 Å². The number of hydrogen-bond donors (Lipinski definition) is 1. The van der Waals surface area contributed by atoms with Crippen molar-refractivity contribution in [1.82, 2.24) is 4.57 Å². The molecule has 0 amide bonds. The van der Waals surface area contributed by atoms with Gasteiger partial charge in [-0.05, 0) is 156 Å². The Balaban J connectivity index is 1.06. The van der Waals surface area contributed by atoms with Gasteiger partial charge in [-0.2, -0.15) is 0 Å². The van der Waals surface area contributed by atoms with E-state index in [1.165, 1.54) is 124 Å². The molecule has 10 aromatic rings. The Labute approximate surface area is 413 Å². The van der Waals surface area contributed by atoms with E-state index in [4.69, 9.17) is 4.42 Å². The molecule has 0 bridgehead atoms. The largest absolute Gasteiger partial charge is 0.455 e. The van der Waals surface area contributed by atoms with Crippen LogP contribution in [-0.4, -0.2) is 11.8 Å². The number of aromatic nitrogens is 1. The van der Waals surface area contributed by atoms with Crippen LogP contribution >= 0.6 is 0 Å². The van der Waals surface area contributed by atoms with Gasteiger partial charge in [0.25, 0.3) is 0 Å². The molecule has 0 saturated carbocycles. The van der Waals surface area contributed by atoms with Gasteiger partial charge in [-0.25, -0.2) is 0 Å². The van der Waals surface area contributed by atoms with Gasteiger partial charge < -0.3 is 14.3 Å². The lowest BCUT2D eigenvalue weighted by molar-refractivity contribution is 0.331. The lowest BCUT2D eigenvalue weighted by atomic mass is 9.58. The van der Waals surface area contributed by atoms with Gasteiger partial charge in [0.05, 0.1) is 10.9 Å². The summed E-state index contributed by atoms with van der Waals surface area (Å²) in [5.74, 6) is 0. The van der Waals surface area contributed by atoms with E-state index in [0.717, 1.165) is 33.3 Å². The molecule has 0 saturated heterocycles. The zero-order valence-corrected chi connectivity index (χ0v) is 42.5. The van der Waals surface area contributed by atoms with E-state index in [1.807, 2.05) is 0 Å². The van der Waals surface area contributed by atoms with Crippen molar-refractivity contribution in [3.63, 3.8) is 0 Å². The van der Waals surface area contributed by atoms with E-state index in [1.54, 1.807) is 0 Å². The first kappa shape index (κ1) is 42.1. The molecule has 70 heavy (non-hydrogen) atoms. The van der Waals surface area contributed by atoms with Crippen molar-refractivity contribution in [2.24, 2.45) is 0 Å². The Bertz CT molecular complexity index is 3970. The topological polar surface area (TPSA) is 30.1 Å². The zero-order valence-electron chi connectivity index (χ0n) is 42.5. The second-order valence-corrected chi connectivity index (χ2v) is 24.7. The second kappa shape index (κ2) is 13.5. The number of hydrogen-bond acceptors (Lipinski definition) is 2. The first-order valence-corrected chi connectivity index (χ1v) is 25.6. The van der Waals surface area contributed by atoms with Crippen molar-refractivity contribution < 1.29 is 4.42 Å². The third kappa shape index (κ3) is 5.54. The summed E-state index contributed by atoms with van der Waals surface area (Å²) in [6, 6.07) is 51.3. The molecule has 3 aliphatic carbocycles. The van der Waals surface area contributed by atoms with E-state index < -0.39 is 0 Å². The maximum atomic E-state index is 6.89. The molecule has 0 fully saturated rings. The van der Waals surface area contributed by atoms with Crippen molar-refractivity contribution in [2.75, 3.05) is 5.32 Å². The van der Waals surface area contributed by atoms with E-state index >= 15 is 0 Å². The highest BCUT2D eigenvalue weighted by Crippen LogP contribution is 2.57. The molecular formula is C66H60BN2O. The smallest absolute Gasteiger partial charge is 0.197 e. The molecule has 2 aromatic heterocycles. The lowest BCUT2D eigenvalue weighted by Crippen LogP contribution is -2.37. The second-order valence-electron chi connectivity index (χ2n) is 24.7. The van der Waals surface area contributed by atoms with Crippen LogP contribution in [0.2, 0.25) is 0 Å². The van der Waals surface area contributed by atoms with Crippen molar-refractivity contribution in [3.05, 3.63) is 172 Å². The van der Waals surface area contributed by atoms with Crippen LogP contribution < -0.4 is 16.2 Å². The molecule has 1 radical (unpaired) electrons. The van der Waals surface area contributed by atoms with Crippen LogP contribution in [0.3, 0.4) is 0 Å². The maximum absolute atomic E-state index is 6.89. The van der Waals surface area contributed by atoms with Crippen molar-refractivity contribution in [3.8, 4) is 39.1 Å². The number of rotatable bonds is 3. The minimum absolute atomic E-state index is 0.0581. The van der Waals surface area contributed by atoms with Crippen molar-refractivity contribution in [1.29, 1.82) is 0 Å². The van der Waals surface area contributed by atoms with Gasteiger partial charge in [0.1, 0.15) is 11.2 Å². The monoisotopic (exact) mass is 907 g/mol. The molecule has 0 atom stereocenters.